The molecule has 1 aromatic carbocycles. The molecule has 0 saturated heterocycles. The van der Waals surface area contributed by atoms with Crippen LogP contribution in [0.1, 0.15) is 24.6 Å². The molecule has 0 aliphatic heterocycles. The summed E-state index contributed by atoms with van der Waals surface area (Å²) < 4.78 is 5.54. The van der Waals surface area contributed by atoms with Gasteiger partial charge in [-0.2, -0.15) is 0 Å². The monoisotopic (exact) mass is 254 g/mol. The topological polar surface area (TPSA) is 77.8 Å². The normalized spacial score (nSPS) is 12.8. The molecule has 0 radical (unpaired) electrons. The summed E-state index contributed by atoms with van der Waals surface area (Å²) in [7, 11) is 0. The molecule has 0 aliphatic rings. The highest BCUT2D eigenvalue weighted by Gasteiger charge is 2.07. The van der Waals surface area contributed by atoms with Crippen LogP contribution in [0.2, 0.25) is 0 Å². The van der Waals surface area contributed by atoms with Gasteiger partial charge >= 0.3 is 0 Å². The van der Waals surface area contributed by atoms with Crippen molar-refractivity contribution in [3.8, 4) is 11.3 Å². The fraction of sp³-hybridized carbons (Fsp3) is 0.214. The Bertz CT molecular complexity index is 716. The lowest BCUT2D eigenvalue weighted by Crippen LogP contribution is -2.10. The van der Waals surface area contributed by atoms with Crippen LogP contribution in [-0.4, -0.2) is 15.2 Å². The summed E-state index contributed by atoms with van der Waals surface area (Å²) in [5.41, 5.74) is 8.26. The minimum atomic E-state index is -0.208. The summed E-state index contributed by atoms with van der Waals surface area (Å²) in [6.45, 7) is 3.76. The number of furan rings is 1. The molecule has 2 aromatic heterocycles. The average molecular weight is 254 g/mol. The van der Waals surface area contributed by atoms with E-state index in [1.165, 1.54) is 0 Å². The first-order chi connectivity index (χ1) is 9.13. The molecule has 1 unspecified atom stereocenters. The lowest BCUT2D eigenvalue weighted by molar-refractivity contribution is 0.578. The number of hydrogen-bond donors (Lipinski definition) is 1. The van der Waals surface area contributed by atoms with Gasteiger partial charge < -0.3 is 10.2 Å². The number of benzene rings is 1. The quantitative estimate of drug-likeness (QED) is 0.760. The number of aromatic nitrogens is 3. The van der Waals surface area contributed by atoms with Crippen molar-refractivity contribution >= 4 is 11.0 Å². The zero-order valence-electron chi connectivity index (χ0n) is 10.8. The van der Waals surface area contributed by atoms with Crippen LogP contribution in [-0.2, 0) is 0 Å². The van der Waals surface area contributed by atoms with Gasteiger partial charge in [0.2, 0.25) is 0 Å². The minimum Gasteiger partial charge on any atom is -0.461 e. The Morgan fingerprint density at radius 3 is 2.74 bits per heavy atom. The number of nitrogens with zero attached hydrogens (tertiary/aromatic N) is 3. The number of nitrogens with two attached hydrogens (primary N) is 1. The van der Waals surface area contributed by atoms with Crippen molar-refractivity contribution in [3.05, 3.63) is 42.0 Å². The van der Waals surface area contributed by atoms with Gasteiger partial charge in [0.25, 0.3) is 0 Å². The predicted molar refractivity (Wildman–Crippen MR) is 72.4 cm³/mol. The molecule has 0 fully saturated rings. The van der Waals surface area contributed by atoms with E-state index in [-0.39, 0.29) is 6.04 Å². The fourth-order valence-corrected chi connectivity index (χ4v) is 1.96. The third-order valence-corrected chi connectivity index (χ3v) is 2.92. The van der Waals surface area contributed by atoms with Crippen molar-refractivity contribution in [1.82, 2.24) is 15.2 Å². The highest BCUT2D eigenvalue weighted by atomic mass is 16.3. The van der Waals surface area contributed by atoms with Gasteiger partial charge in [-0.3, -0.25) is 0 Å². The second kappa shape index (κ2) is 4.44. The molecule has 5 heteroatoms. The zero-order chi connectivity index (χ0) is 13.4. The van der Waals surface area contributed by atoms with Crippen molar-refractivity contribution in [3.63, 3.8) is 0 Å². The highest BCUT2D eigenvalue weighted by molar-refractivity contribution is 5.83. The molecule has 96 valence electrons. The van der Waals surface area contributed by atoms with E-state index < -0.39 is 0 Å². The molecule has 1 atom stereocenters. The number of aryl methyl sites for hydroxylation is 1. The summed E-state index contributed by atoms with van der Waals surface area (Å²) in [6, 6.07) is 7.68. The highest BCUT2D eigenvalue weighted by Crippen LogP contribution is 2.24. The van der Waals surface area contributed by atoms with Crippen LogP contribution in [0, 0.1) is 6.92 Å². The molecule has 0 spiro atoms. The first-order valence-electron chi connectivity index (χ1n) is 6.09. The van der Waals surface area contributed by atoms with E-state index in [0.29, 0.717) is 5.82 Å². The minimum absolute atomic E-state index is 0.208. The van der Waals surface area contributed by atoms with E-state index >= 15 is 0 Å². The van der Waals surface area contributed by atoms with Crippen molar-refractivity contribution in [2.75, 3.05) is 0 Å². The summed E-state index contributed by atoms with van der Waals surface area (Å²) in [5.74, 6) is 1.44. The molecule has 0 aliphatic carbocycles. The number of hydrogen-bond acceptors (Lipinski definition) is 5. The molecule has 0 amide bonds. The maximum Gasteiger partial charge on any atom is 0.167 e. The molecular formula is C14H14N4O. The van der Waals surface area contributed by atoms with Crippen LogP contribution in [0.25, 0.3) is 22.2 Å². The molecule has 5 nitrogen and oxygen atoms in total. The van der Waals surface area contributed by atoms with E-state index in [0.717, 1.165) is 28.0 Å². The Morgan fingerprint density at radius 1 is 1.21 bits per heavy atom. The maximum absolute atomic E-state index is 5.70. The average Bonchev–Trinajstić information content (AvgIpc) is 2.77. The van der Waals surface area contributed by atoms with E-state index in [4.69, 9.17) is 10.2 Å². The van der Waals surface area contributed by atoms with Gasteiger partial charge in [-0.1, -0.05) is 0 Å². The molecule has 2 heterocycles. The Hall–Kier alpha value is -2.27. The maximum atomic E-state index is 5.70. The predicted octanol–water partition coefficient (Wildman–Crippen LogP) is 2.61. The second-order valence-corrected chi connectivity index (χ2v) is 4.60. The summed E-state index contributed by atoms with van der Waals surface area (Å²) >= 11 is 0. The van der Waals surface area contributed by atoms with Gasteiger partial charge in [0, 0.05) is 10.9 Å². The van der Waals surface area contributed by atoms with E-state index in [1.807, 2.05) is 38.1 Å². The largest absolute Gasteiger partial charge is 0.461 e. The molecule has 3 aromatic rings. The fourth-order valence-electron chi connectivity index (χ4n) is 1.96. The lowest BCUT2D eigenvalue weighted by atomic mass is 10.1. The van der Waals surface area contributed by atoms with Gasteiger partial charge in [-0.15, -0.1) is 10.2 Å². The van der Waals surface area contributed by atoms with Gasteiger partial charge in [0.1, 0.15) is 17.0 Å². The SMILES string of the molecule is Cc1cc2cc(-c3cnc(C(C)N)nn3)ccc2o1. The van der Waals surface area contributed by atoms with Crippen LogP contribution in [0.3, 0.4) is 0 Å². The Morgan fingerprint density at radius 2 is 2.05 bits per heavy atom. The van der Waals surface area contributed by atoms with Gasteiger partial charge in [0.15, 0.2) is 5.82 Å². The van der Waals surface area contributed by atoms with Crippen LogP contribution in [0.5, 0.6) is 0 Å². The number of rotatable bonds is 2. The van der Waals surface area contributed by atoms with Crippen LogP contribution < -0.4 is 5.73 Å². The van der Waals surface area contributed by atoms with E-state index in [1.54, 1.807) is 6.20 Å². The van der Waals surface area contributed by atoms with E-state index in [2.05, 4.69) is 15.2 Å². The first-order valence-corrected chi connectivity index (χ1v) is 6.09. The van der Waals surface area contributed by atoms with Crippen molar-refractivity contribution in [2.24, 2.45) is 5.73 Å². The van der Waals surface area contributed by atoms with Crippen molar-refractivity contribution in [2.45, 2.75) is 19.9 Å². The van der Waals surface area contributed by atoms with E-state index in [9.17, 15) is 0 Å². The Balaban J connectivity index is 2.03. The van der Waals surface area contributed by atoms with Gasteiger partial charge in [-0.25, -0.2) is 4.98 Å². The Labute approximate surface area is 110 Å². The smallest absolute Gasteiger partial charge is 0.167 e. The molecule has 19 heavy (non-hydrogen) atoms. The first kappa shape index (κ1) is 11.8. The van der Waals surface area contributed by atoms with Crippen LogP contribution in [0.4, 0.5) is 0 Å². The second-order valence-electron chi connectivity index (χ2n) is 4.60. The summed E-state index contributed by atoms with van der Waals surface area (Å²) in [4.78, 5) is 4.22. The zero-order valence-corrected chi connectivity index (χ0v) is 10.8. The third kappa shape index (κ3) is 2.20. The summed E-state index contributed by atoms with van der Waals surface area (Å²) in [5, 5.41) is 9.24. The molecule has 3 rings (SSSR count). The Kier molecular flexibility index (Phi) is 2.76. The molecule has 0 saturated carbocycles. The van der Waals surface area contributed by atoms with Gasteiger partial charge in [-0.05, 0) is 38.1 Å². The summed E-state index contributed by atoms with van der Waals surface area (Å²) in [6.07, 6.45) is 1.69. The third-order valence-electron chi connectivity index (χ3n) is 2.92. The molecular weight excluding hydrogens is 240 g/mol. The molecule has 0 bridgehead atoms. The van der Waals surface area contributed by atoms with Crippen molar-refractivity contribution < 1.29 is 4.42 Å². The standard InChI is InChI=1S/C14H14N4O/c1-8-5-11-6-10(3-4-13(11)19-8)12-7-16-14(9(2)15)18-17-12/h3-7,9H,15H2,1-2H3. The van der Waals surface area contributed by atoms with Crippen LogP contribution >= 0.6 is 0 Å². The molecule has 2 N–H and O–H groups in total. The van der Waals surface area contributed by atoms with Crippen LogP contribution in [0.15, 0.2) is 34.9 Å². The lowest BCUT2D eigenvalue weighted by Gasteiger charge is -2.03. The van der Waals surface area contributed by atoms with Crippen molar-refractivity contribution in [1.29, 1.82) is 0 Å². The van der Waals surface area contributed by atoms with Gasteiger partial charge in [0.05, 0.1) is 12.2 Å². The number of fused-ring (bicyclic) bond motifs is 1.